The zero-order valence-corrected chi connectivity index (χ0v) is 23.6. The Morgan fingerprint density at radius 1 is 1.21 bits per heavy atom. The van der Waals surface area contributed by atoms with E-state index in [-0.39, 0.29) is 29.3 Å². The van der Waals surface area contributed by atoms with Crippen LogP contribution in [0.5, 0.6) is 11.5 Å². The second-order valence-corrected chi connectivity index (χ2v) is 12.1. The average Bonchev–Trinajstić information content (AvgIpc) is 3.20. The summed E-state index contributed by atoms with van der Waals surface area (Å²) in [6, 6.07) is 6.05. The molecule has 4 fully saturated rings. The second-order valence-electron chi connectivity index (χ2n) is 12.1. The molecular weight excluding hydrogens is 480 g/mol. The number of morpholine rings is 1. The van der Waals surface area contributed by atoms with Gasteiger partial charge >= 0.3 is 5.97 Å². The first-order valence-electron chi connectivity index (χ1n) is 14.5. The number of benzene rings is 1. The number of para-hydroxylation sites is 1. The van der Waals surface area contributed by atoms with E-state index in [0.717, 1.165) is 82.1 Å². The van der Waals surface area contributed by atoms with Crippen LogP contribution in [-0.4, -0.2) is 82.0 Å². The van der Waals surface area contributed by atoms with Gasteiger partial charge in [-0.2, -0.15) is 0 Å². The lowest BCUT2D eigenvalue weighted by Gasteiger charge is -2.50. The number of fused-ring (bicyclic) bond motifs is 2. The van der Waals surface area contributed by atoms with Crippen molar-refractivity contribution < 1.29 is 23.7 Å². The Balaban J connectivity index is 1.32. The number of methoxy groups -OCH3 is 2. The molecular formula is C31H46N2O5. The van der Waals surface area contributed by atoms with Gasteiger partial charge in [0.15, 0.2) is 11.5 Å². The number of allylic oxidation sites excluding steroid dienone is 1. The third-order valence-electron chi connectivity index (χ3n) is 9.71. The SMILES string of the molecule is C=C1CCC[C@]2(C)C[C@@H]3OC(=O)[C@H](CN(CCCN4CCOCC4)Cc4cccc(OC)c4OC)[C@@H]3C[C@@H]12. The van der Waals surface area contributed by atoms with Crippen LogP contribution in [0.3, 0.4) is 0 Å². The summed E-state index contributed by atoms with van der Waals surface area (Å²) >= 11 is 0. The number of nitrogens with zero attached hydrogens (tertiary/aromatic N) is 2. The molecule has 2 heterocycles. The lowest BCUT2D eigenvalue weighted by molar-refractivity contribution is -0.146. The van der Waals surface area contributed by atoms with Crippen molar-refractivity contribution in [3.63, 3.8) is 0 Å². The molecule has 0 spiro atoms. The Morgan fingerprint density at radius 2 is 2.03 bits per heavy atom. The van der Waals surface area contributed by atoms with Crippen molar-refractivity contribution >= 4 is 5.97 Å². The monoisotopic (exact) mass is 526 g/mol. The molecule has 0 N–H and O–H groups in total. The molecule has 2 aliphatic carbocycles. The second kappa shape index (κ2) is 12.0. The van der Waals surface area contributed by atoms with Gasteiger partial charge in [0.2, 0.25) is 0 Å². The maximum Gasteiger partial charge on any atom is 0.310 e. The number of carbonyl (C=O) groups is 1. The van der Waals surface area contributed by atoms with Gasteiger partial charge in [-0.15, -0.1) is 0 Å². The fourth-order valence-corrected chi connectivity index (χ4v) is 7.64. The minimum absolute atomic E-state index is 0.0105. The summed E-state index contributed by atoms with van der Waals surface area (Å²) in [5, 5.41) is 0. The zero-order valence-electron chi connectivity index (χ0n) is 23.6. The Hall–Kier alpha value is -2.09. The fourth-order valence-electron chi connectivity index (χ4n) is 7.64. The van der Waals surface area contributed by atoms with E-state index in [4.69, 9.17) is 18.9 Å². The van der Waals surface area contributed by atoms with Gasteiger partial charge < -0.3 is 18.9 Å². The van der Waals surface area contributed by atoms with E-state index < -0.39 is 0 Å². The van der Waals surface area contributed by atoms with E-state index in [9.17, 15) is 4.79 Å². The minimum Gasteiger partial charge on any atom is -0.493 e. The van der Waals surface area contributed by atoms with E-state index in [0.29, 0.717) is 19.0 Å². The molecule has 2 saturated carbocycles. The molecule has 5 atom stereocenters. The van der Waals surface area contributed by atoms with Crippen LogP contribution in [0.1, 0.15) is 51.0 Å². The summed E-state index contributed by atoms with van der Waals surface area (Å²) in [6.07, 6.45) is 6.64. The van der Waals surface area contributed by atoms with Gasteiger partial charge in [0.05, 0.1) is 33.4 Å². The van der Waals surface area contributed by atoms with Crippen molar-refractivity contribution in [2.45, 2.75) is 58.1 Å². The number of hydrogen-bond donors (Lipinski definition) is 0. The number of hydrogen-bond acceptors (Lipinski definition) is 7. The highest BCUT2D eigenvalue weighted by molar-refractivity contribution is 5.75. The Labute approximate surface area is 228 Å². The zero-order chi connectivity index (χ0) is 26.7. The van der Waals surface area contributed by atoms with Crippen molar-refractivity contribution in [2.24, 2.45) is 23.2 Å². The summed E-state index contributed by atoms with van der Waals surface area (Å²) in [4.78, 5) is 18.2. The van der Waals surface area contributed by atoms with Crippen molar-refractivity contribution in [1.29, 1.82) is 0 Å². The summed E-state index contributed by atoms with van der Waals surface area (Å²) in [7, 11) is 3.37. The molecule has 7 nitrogen and oxygen atoms in total. The van der Waals surface area contributed by atoms with Crippen LogP contribution in [0, 0.1) is 23.2 Å². The molecule has 0 radical (unpaired) electrons. The Bertz CT molecular complexity index is 992. The summed E-state index contributed by atoms with van der Waals surface area (Å²) < 4.78 is 22.9. The highest BCUT2D eigenvalue weighted by Gasteiger charge is 2.55. The van der Waals surface area contributed by atoms with Gasteiger partial charge in [0, 0.05) is 37.7 Å². The molecule has 4 aliphatic rings. The highest BCUT2D eigenvalue weighted by Crippen LogP contribution is 2.57. The largest absolute Gasteiger partial charge is 0.493 e. The van der Waals surface area contributed by atoms with Crippen LogP contribution in [0.25, 0.3) is 0 Å². The van der Waals surface area contributed by atoms with E-state index in [1.54, 1.807) is 14.2 Å². The van der Waals surface area contributed by atoms with Crippen LogP contribution < -0.4 is 9.47 Å². The Morgan fingerprint density at radius 3 is 2.79 bits per heavy atom. The molecule has 5 rings (SSSR count). The fraction of sp³-hybridized carbons (Fsp3) is 0.710. The van der Waals surface area contributed by atoms with Crippen LogP contribution >= 0.6 is 0 Å². The van der Waals surface area contributed by atoms with Crippen molar-refractivity contribution in [1.82, 2.24) is 9.80 Å². The van der Waals surface area contributed by atoms with E-state index >= 15 is 0 Å². The average molecular weight is 527 g/mol. The van der Waals surface area contributed by atoms with Crippen molar-refractivity contribution in [3.8, 4) is 11.5 Å². The molecule has 0 unspecified atom stereocenters. The lowest BCUT2D eigenvalue weighted by Crippen LogP contribution is -2.45. The smallest absolute Gasteiger partial charge is 0.310 e. The molecule has 2 aliphatic heterocycles. The van der Waals surface area contributed by atoms with Gasteiger partial charge in [0.1, 0.15) is 6.10 Å². The quantitative estimate of drug-likeness (QED) is 0.328. The standard InChI is InChI=1S/C31H46N2O5/c1-22-8-6-11-31(2)19-28-24(18-26(22)31)25(30(34)38-28)21-33(13-7-12-32-14-16-37-17-15-32)20-23-9-5-10-27(35-3)29(23)36-4/h5,9-10,24-26,28H,1,6-8,11-21H2,2-4H3/t24-,25+,26-,28-,31+/m0/s1. The maximum absolute atomic E-state index is 13.3. The van der Waals surface area contributed by atoms with Gasteiger partial charge in [-0.25, -0.2) is 0 Å². The van der Waals surface area contributed by atoms with Gasteiger partial charge in [-0.1, -0.05) is 31.2 Å². The van der Waals surface area contributed by atoms with Crippen molar-refractivity contribution in [2.75, 3.05) is 60.2 Å². The number of rotatable bonds is 10. The minimum atomic E-state index is -0.0979. The van der Waals surface area contributed by atoms with E-state index in [2.05, 4.69) is 29.4 Å². The van der Waals surface area contributed by atoms with Crippen molar-refractivity contribution in [3.05, 3.63) is 35.9 Å². The van der Waals surface area contributed by atoms with E-state index in [1.807, 2.05) is 12.1 Å². The summed E-state index contributed by atoms with van der Waals surface area (Å²) in [5.41, 5.74) is 2.69. The van der Waals surface area contributed by atoms with E-state index in [1.165, 1.54) is 18.4 Å². The van der Waals surface area contributed by atoms with Crippen LogP contribution in [0.15, 0.2) is 30.4 Å². The van der Waals surface area contributed by atoms with Crippen LogP contribution in [0.2, 0.25) is 0 Å². The maximum atomic E-state index is 13.3. The first-order chi connectivity index (χ1) is 18.4. The predicted molar refractivity (Wildman–Crippen MR) is 147 cm³/mol. The van der Waals surface area contributed by atoms with Crippen LogP contribution in [0.4, 0.5) is 0 Å². The molecule has 0 bridgehead atoms. The number of esters is 1. The predicted octanol–water partition coefficient (Wildman–Crippen LogP) is 4.54. The molecule has 210 valence electrons. The summed E-state index contributed by atoms with van der Waals surface area (Å²) in [6.45, 7) is 13.8. The molecule has 1 aromatic carbocycles. The first kappa shape index (κ1) is 27.5. The van der Waals surface area contributed by atoms with Crippen LogP contribution in [-0.2, 0) is 20.8 Å². The molecule has 0 amide bonds. The van der Waals surface area contributed by atoms with Gasteiger partial charge in [-0.05, 0) is 69.0 Å². The topological polar surface area (TPSA) is 60.5 Å². The molecule has 0 aromatic heterocycles. The molecule has 1 aromatic rings. The molecule has 7 heteroatoms. The number of carbonyl (C=O) groups excluding carboxylic acids is 1. The highest BCUT2D eigenvalue weighted by atomic mass is 16.6. The number of ether oxygens (including phenoxy) is 4. The third-order valence-corrected chi connectivity index (χ3v) is 9.71. The van der Waals surface area contributed by atoms with Gasteiger partial charge in [0.25, 0.3) is 0 Å². The normalized spacial score (nSPS) is 31.6. The first-order valence-corrected chi connectivity index (χ1v) is 14.5. The Kier molecular flexibility index (Phi) is 8.65. The third kappa shape index (κ3) is 5.75. The molecule has 38 heavy (non-hydrogen) atoms. The lowest BCUT2D eigenvalue weighted by atomic mass is 9.55. The molecule has 2 saturated heterocycles. The summed E-state index contributed by atoms with van der Waals surface area (Å²) in [5.74, 6) is 2.17. The van der Waals surface area contributed by atoms with Gasteiger partial charge in [-0.3, -0.25) is 14.6 Å².